The lowest BCUT2D eigenvalue weighted by atomic mass is 9.91. The Morgan fingerprint density at radius 2 is 2.00 bits per heavy atom. The van der Waals surface area contributed by atoms with E-state index in [-0.39, 0.29) is 18.8 Å². The van der Waals surface area contributed by atoms with Crippen LogP contribution in [-0.2, 0) is 29.0 Å². The van der Waals surface area contributed by atoms with Crippen molar-refractivity contribution in [1.29, 1.82) is 0 Å². The SMILES string of the molecule is COC(=O)[C@@H](N)Cc1cc2c(cc1F)-c1cc3c(cc1OC2)C(=O)CC3. The van der Waals surface area contributed by atoms with E-state index in [1.807, 2.05) is 6.07 Å². The molecule has 0 unspecified atom stereocenters. The second-order valence-electron chi connectivity index (χ2n) is 6.65. The van der Waals surface area contributed by atoms with Crippen LogP contribution in [0, 0.1) is 5.82 Å². The summed E-state index contributed by atoms with van der Waals surface area (Å²) in [5.41, 5.74) is 10.2. The van der Waals surface area contributed by atoms with Crippen molar-refractivity contribution < 1.29 is 23.5 Å². The number of hydrogen-bond acceptors (Lipinski definition) is 5. The number of carbonyl (C=O) groups is 2. The molecular formula is C20H18FNO4. The highest BCUT2D eigenvalue weighted by atomic mass is 19.1. The van der Waals surface area contributed by atoms with Gasteiger partial charge in [-0.1, -0.05) is 0 Å². The van der Waals surface area contributed by atoms with Gasteiger partial charge in [-0.2, -0.15) is 0 Å². The topological polar surface area (TPSA) is 78.6 Å². The number of rotatable bonds is 3. The summed E-state index contributed by atoms with van der Waals surface area (Å²) < 4.78 is 25.0. The van der Waals surface area contributed by atoms with E-state index in [0.717, 1.165) is 22.3 Å². The molecule has 2 aliphatic rings. The Hall–Kier alpha value is -2.73. The molecule has 2 aromatic carbocycles. The number of Topliss-reactive ketones (excluding diaryl/α,β-unsaturated/α-hetero) is 1. The zero-order chi connectivity index (χ0) is 18.4. The molecule has 1 aliphatic carbocycles. The van der Waals surface area contributed by atoms with Crippen LogP contribution in [0.3, 0.4) is 0 Å². The van der Waals surface area contributed by atoms with Gasteiger partial charge in [-0.3, -0.25) is 9.59 Å². The van der Waals surface area contributed by atoms with Crippen molar-refractivity contribution in [3.63, 3.8) is 0 Å². The quantitative estimate of drug-likeness (QED) is 0.856. The fourth-order valence-corrected chi connectivity index (χ4v) is 3.63. The Morgan fingerprint density at radius 3 is 2.77 bits per heavy atom. The van der Waals surface area contributed by atoms with Crippen molar-refractivity contribution in [2.75, 3.05) is 7.11 Å². The molecule has 0 fully saturated rings. The minimum Gasteiger partial charge on any atom is -0.488 e. The number of esters is 1. The average molecular weight is 355 g/mol. The third-order valence-corrected chi connectivity index (χ3v) is 5.02. The summed E-state index contributed by atoms with van der Waals surface area (Å²) in [5.74, 6) is -0.281. The van der Waals surface area contributed by atoms with Crippen LogP contribution in [0.15, 0.2) is 24.3 Å². The number of methoxy groups -OCH3 is 1. The summed E-state index contributed by atoms with van der Waals surface area (Å²) in [5, 5.41) is 0. The number of nitrogens with two attached hydrogens (primary N) is 1. The molecule has 134 valence electrons. The minimum absolute atomic E-state index is 0.0529. The summed E-state index contributed by atoms with van der Waals surface area (Å²) in [6.45, 7) is 0.274. The van der Waals surface area contributed by atoms with Crippen molar-refractivity contribution >= 4 is 11.8 Å². The van der Waals surface area contributed by atoms with Gasteiger partial charge < -0.3 is 15.2 Å². The molecule has 26 heavy (non-hydrogen) atoms. The lowest BCUT2D eigenvalue weighted by Gasteiger charge is -2.23. The van der Waals surface area contributed by atoms with E-state index in [0.29, 0.717) is 29.7 Å². The van der Waals surface area contributed by atoms with E-state index in [2.05, 4.69) is 4.74 Å². The maximum Gasteiger partial charge on any atom is 0.322 e. The molecule has 1 aliphatic heterocycles. The summed E-state index contributed by atoms with van der Waals surface area (Å²) in [4.78, 5) is 23.4. The van der Waals surface area contributed by atoms with Crippen LogP contribution in [0.1, 0.15) is 33.5 Å². The molecule has 0 saturated carbocycles. The molecule has 0 aromatic heterocycles. The lowest BCUT2D eigenvalue weighted by Crippen LogP contribution is -2.34. The Bertz CT molecular complexity index is 938. The molecule has 2 aromatic rings. The molecule has 0 spiro atoms. The number of hydrogen-bond donors (Lipinski definition) is 1. The van der Waals surface area contributed by atoms with Crippen LogP contribution in [0.2, 0.25) is 0 Å². The van der Waals surface area contributed by atoms with Gasteiger partial charge in [0.1, 0.15) is 24.2 Å². The molecule has 5 nitrogen and oxygen atoms in total. The number of carbonyl (C=O) groups excluding carboxylic acids is 2. The number of halogens is 1. The Balaban J connectivity index is 1.73. The minimum atomic E-state index is -0.918. The summed E-state index contributed by atoms with van der Waals surface area (Å²) in [6, 6.07) is 5.92. The Morgan fingerprint density at radius 1 is 1.19 bits per heavy atom. The number of benzene rings is 2. The second kappa shape index (κ2) is 6.21. The number of fused-ring (bicyclic) bond motifs is 4. The highest BCUT2D eigenvalue weighted by molar-refractivity contribution is 6.02. The second-order valence-corrected chi connectivity index (χ2v) is 6.65. The van der Waals surface area contributed by atoms with Gasteiger partial charge in [0.25, 0.3) is 0 Å². The van der Waals surface area contributed by atoms with Crippen LogP contribution in [0.4, 0.5) is 4.39 Å². The van der Waals surface area contributed by atoms with Gasteiger partial charge in [-0.05, 0) is 52.9 Å². The van der Waals surface area contributed by atoms with Crippen molar-refractivity contribution in [1.82, 2.24) is 0 Å². The molecule has 0 saturated heterocycles. The first-order valence-corrected chi connectivity index (χ1v) is 8.46. The van der Waals surface area contributed by atoms with E-state index in [1.165, 1.54) is 13.2 Å². The van der Waals surface area contributed by atoms with Crippen molar-refractivity contribution in [3.8, 4) is 16.9 Å². The zero-order valence-corrected chi connectivity index (χ0v) is 14.3. The van der Waals surface area contributed by atoms with E-state index in [4.69, 9.17) is 10.5 Å². The first kappa shape index (κ1) is 16.7. The highest BCUT2D eigenvalue weighted by Crippen LogP contribution is 2.42. The zero-order valence-electron chi connectivity index (χ0n) is 14.3. The molecule has 0 amide bonds. The van der Waals surface area contributed by atoms with Crippen LogP contribution in [0.25, 0.3) is 11.1 Å². The highest BCUT2D eigenvalue weighted by Gasteiger charge is 2.27. The van der Waals surface area contributed by atoms with Gasteiger partial charge in [0, 0.05) is 24.0 Å². The Labute approximate surface area is 149 Å². The summed E-state index contributed by atoms with van der Waals surface area (Å²) in [6.07, 6.45) is 1.26. The standard InChI is InChI=1S/C20H18FNO4/c1-25-20(24)17(22)6-11-4-12-9-26-19-8-14-10(2-3-18(14)23)5-15(19)13(12)7-16(11)21/h4-5,7-8,17H,2-3,6,9,22H2,1H3/t17-/m0/s1. The number of aryl methyl sites for hydroxylation is 1. The molecule has 2 N–H and O–H groups in total. The van der Waals surface area contributed by atoms with E-state index in [9.17, 15) is 14.0 Å². The van der Waals surface area contributed by atoms with E-state index >= 15 is 0 Å². The van der Waals surface area contributed by atoms with Crippen LogP contribution in [0.5, 0.6) is 5.75 Å². The third-order valence-electron chi connectivity index (χ3n) is 5.02. The molecule has 0 radical (unpaired) electrons. The van der Waals surface area contributed by atoms with Crippen LogP contribution < -0.4 is 10.5 Å². The van der Waals surface area contributed by atoms with Crippen LogP contribution >= 0.6 is 0 Å². The van der Waals surface area contributed by atoms with Gasteiger partial charge in [-0.15, -0.1) is 0 Å². The molecular weight excluding hydrogens is 337 g/mol. The predicted octanol–water partition coefficient (Wildman–Crippen LogP) is 2.56. The Kier molecular flexibility index (Phi) is 4.00. The van der Waals surface area contributed by atoms with Crippen molar-refractivity contribution in [2.45, 2.75) is 31.9 Å². The summed E-state index contributed by atoms with van der Waals surface area (Å²) >= 11 is 0. The fourth-order valence-electron chi connectivity index (χ4n) is 3.63. The van der Waals surface area contributed by atoms with Crippen molar-refractivity contribution in [3.05, 3.63) is 52.3 Å². The van der Waals surface area contributed by atoms with Gasteiger partial charge in [0.05, 0.1) is 7.11 Å². The van der Waals surface area contributed by atoms with E-state index in [1.54, 1.807) is 12.1 Å². The van der Waals surface area contributed by atoms with Gasteiger partial charge in [-0.25, -0.2) is 4.39 Å². The van der Waals surface area contributed by atoms with Gasteiger partial charge >= 0.3 is 5.97 Å². The maximum atomic E-state index is 14.6. The lowest BCUT2D eigenvalue weighted by molar-refractivity contribution is -0.142. The first-order valence-electron chi connectivity index (χ1n) is 8.46. The largest absolute Gasteiger partial charge is 0.488 e. The molecule has 1 heterocycles. The molecule has 6 heteroatoms. The van der Waals surface area contributed by atoms with Gasteiger partial charge in [0.15, 0.2) is 5.78 Å². The smallest absolute Gasteiger partial charge is 0.322 e. The molecule has 4 rings (SSSR count). The fraction of sp³-hybridized carbons (Fsp3) is 0.300. The number of ketones is 1. The number of ether oxygens (including phenoxy) is 2. The third kappa shape index (κ3) is 2.66. The summed E-state index contributed by atoms with van der Waals surface area (Å²) in [7, 11) is 1.25. The van der Waals surface area contributed by atoms with Crippen LogP contribution in [-0.4, -0.2) is 24.9 Å². The molecule has 0 bridgehead atoms. The van der Waals surface area contributed by atoms with Crippen molar-refractivity contribution in [2.24, 2.45) is 5.73 Å². The van der Waals surface area contributed by atoms with E-state index < -0.39 is 17.8 Å². The predicted molar refractivity (Wildman–Crippen MR) is 92.5 cm³/mol. The first-order chi connectivity index (χ1) is 12.5. The van der Waals surface area contributed by atoms with Gasteiger partial charge in [0.2, 0.25) is 0 Å². The monoisotopic (exact) mass is 355 g/mol. The maximum absolute atomic E-state index is 14.6. The average Bonchev–Trinajstić information content (AvgIpc) is 3.00. The molecule has 1 atom stereocenters. The normalized spacial score (nSPS) is 15.6.